The van der Waals surface area contributed by atoms with E-state index in [9.17, 15) is 5.11 Å². The van der Waals surface area contributed by atoms with Gasteiger partial charge in [0.1, 0.15) is 22.9 Å². The third kappa shape index (κ3) is 5.04. The van der Waals surface area contributed by atoms with Crippen LogP contribution in [0.15, 0.2) is 39.7 Å². The van der Waals surface area contributed by atoms with Crippen LogP contribution >= 0.6 is 0 Å². The number of fused-ring (bicyclic) bond motifs is 1. The van der Waals surface area contributed by atoms with E-state index >= 15 is 0 Å². The van der Waals surface area contributed by atoms with Gasteiger partial charge in [0.2, 0.25) is 0 Å². The highest BCUT2D eigenvalue weighted by atomic mass is 16.5. The van der Waals surface area contributed by atoms with Crippen LogP contribution in [0.5, 0.6) is 5.75 Å². The molecule has 6 nitrogen and oxygen atoms in total. The molecule has 3 N–H and O–H groups in total. The first-order chi connectivity index (χ1) is 13.0. The number of benzene rings is 1. The second kappa shape index (κ2) is 8.48. The Morgan fingerprint density at radius 1 is 1.26 bits per heavy atom. The lowest BCUT2D eigenvalue weighted by atomic mass is 10.0. The van der Waals surface area contributed by atoms with Gasteiger partial charge in [0, 0.05) is 19.5 Å². The molecule has 0 spiro atoms. The molecule has 0 aliphatic carbocycles. The highest BCUT2D eigenvalue weighted by molar-refractivity contribution is 5.79. The summed E-state index contributed by atoms with van der Waals surface area (Å²) in [5.41, 5.74) is 1.43. The molecule has 0 saturated heterocycles. The number of nitrogens with one attached hydrogen (secondary N) is 2. The van der Waals surface area contributed by atoms with Crippen LogP contribution in [0.2, 0.25) is 0 Å². The van der Waals surface area contributed by atoms with E-state index in [2.05, 4.69) is 33.8 Å². The average molecular weight is 371 g/mol. The lowest BCUT2D eigenvalue weighted by Crippen LogP contribution is -2.39. The van der Waals surface area contributed by atoms with E-state index in [-0.39, 0.29) is 6.54 Å². The summed E-state index contributed by atoms with van der Waals surface area (Å²) in [7, 11) is 0. The molecular formula is C21H29N3O3. The van der Waals surface area contributed by atoms with Crippen molar-refractivity contribution in [3.05, 3.63) is 53.0 Å². The van der Waals surface area contributed by atoms with Crippen molar-refractivity contribution in [2.24, 2.45) is 4.99 Å². The van der Waals surface area contributed by atoms with Crippen LogP contribution < -0.4 is 15.4 Å². The Morgan fingerprint density at radius 3 is 2.85 bits per heavy atom. The van der Waals surface area contributed by atoms with E-state index in [0.717, 1.165) is 44.0 Å². The Kier molecular flexibility index (Phi) is 6.06. The third-order valence-corrected chi connectivity index (χ3v) is 4.62. The number of aliphatic hydroxyl groups is 1. The van der Waals surface area contributed by atoms with Crippen LogP contribution in [0.1, 0.15) is 36.5 Å². The fourth-order valence-corrected chi connectivity index (χ4v) is 3.10. The summed E-state index contributed by atoms with van der Waals surface area (Å²) in [6.45, 7) is 8.10. The summed E-state index contributed by atoms with van der Waals surface area (Å²) in [5, 5.41) is 17.2. The fraction of sp³-hybridized carbons (Fsp3) is 0.476. The van der Waals surface area contributed by atoms with Crippen molar-refractivity contribution < 1.29 is 14.3 Å². The van der Waals surface area contributed by atoms with Gasteiger partial charge in [-0.2, -0.15) is 0 Å². The second-order valence-electron chi connectivity index (χ2n) is 7.10. The number of aryl methyl sites for hydroxylation is 1. The van der Waals surface area contributed by atoms with Gasteiger partial charge in [0.25, 0.3) is 0 Å². The number of ether oxygens (including phenoxy) is 1. The fourth-order valence-electron chi connectivity index (χ4n) is 3.10. The Hall–Kier alpha value is -2.47. The first-order valence-corrected chi connectivity index (χ1v) is 9.54. The number of hydrogen-bond acceptors (Lipinski definition) is 4. The summed E-state index contributed by atoms with van der Waals surface area (Å²) in [6.07, 6.45) is 1.88. The summed E-state index contributed by atoms with van der Waals surface area (Å²) in [4.78, 5) is 4.52. The van der Waals surface area contributed by atoms with Gasteiger partial charge in [0.15, 0.2) is 5.96 Å². The van der Waals surface area contributed by atoms with Crippen molar-refractivity contribution in [2.75, 3.05) is 26.2 Å². The zero-order chi connectivity index (χ0) is 19.3. The first-order valence-electron chi connectivity index (χ1n) is 9.54. The predicted molar refractivity (Wildman–Crippen MR) is 106 cm³/mol. The molecule has 0 saturated carbocycles. The van der Waals surface area contributed by atoms with Crippen molar-refractivity contribution >= 4 is 5.96 Å². The van der Waals surface area contributed by atoms with Crippen LogP contribution in [0.3, 0.4) is 0 Å². The molecular weight excluding hydrogens is 342 g/mol. The monoisotopic (exact) mass is 371 g/mol. The SMILES string of the molecule is CCNC(=NCC(C)(O)c1ccc(C)o1)NCCc1ccc2c(c1)CCO2. The van der Waals surface area contributed by atoms with Crippen LogP contribution in [-0.4, -0.2) is 37.3 Å². The minimum Gasteiger partial charge on any atom is -0.493 e. The van der Waals surface area contributed by atoms with Crippen molar-refractivity contribution in [1.82, 2.24) is 10.6 Å². The molecule has 0 amide bonds. The minimum atomic E-state index is -1.14. The molecule has 27 heavy (non-hydrogen) atoms. The number of furan rings is 1. The number of hydrogen-bond donors (Lipinski definition) is 3. The van der Waals surface area contributed by atoms with Crippen molar-refractivity contribution in [2.45, 2.75) is 39.2 Å². The molecule has 1 aromatic carbocycles. The molecule has 1 atom stereocenters. The zero-order valence-corrected chi connectivity index (χ0v) is 16.3. The molecule has 146 valence electrons. The number of nitrogens with zero attached hydrogens (tertiary/aromatic N) is 1. The van der Waals surface area contributed by atoms with Gasteiger partial charge >= 0.3 is 0 Å². The van der Waals surface area contributed by atoms with E-state index in [1.165, 1.54) is 11.1 Å². The van der Waals surface area contributed by atoms with Crippen LogP contribution in [0.25, 0.3) is 0 Å². The average Bonchev–Trinajstić information content (AvgIpc) is 3.28. The number of rotatable bonds is 7. The summed E-state index contributed by atoms with van der Waals surface area (Å²) in [5.74, 6) is 3.00. The maximum Gasteiger partial charge on any atom is 0.191 e. The smallest absolute Gasteiger partial charge is 0.191 e. The maximum atomic E-state index is 10.6. The van der Waals surface area contributed by atoms with E-state index in [0.29, 0.717) is 11.7 Å². The Labute approximate surface area is 160 Å². The predicted octanol–water partition coefficient (Wildman–Crippen LogP) is 2.53. The minimum absolute atomic E-state index is 0.214. The molecule has 0 fully saturated rings. The highest BCUT2D eigenvalue weighted by Crippen LogP contribution is 2.26. The first kappa shape index (κ1) is 19.3. The van der Waals surface area contributed by atoms with Gasteiger partial charge in [-0.1, -0.05) is 12.1 Å². The lowest BCUT2D eigenvalue weighted by Gasteiger charge is -2.19. The second-order valence-corrected chi connectivity index (χ2v) is 7.10. The molecule has 2 heterocycles. The Bertz CT molecular complexity index is 796. The van der Waals surface area contributed by atoms with E-state index in [1.807, 2.05) is 19.9 Å². The van der Waals surface area contributed by atoms with Gasteiger partial charge in [-0.25, -0.2) is 4.99 Å². The third-order valence-electron chi connectivity index (χ3n) is 4.62. The Morgan fingerprint density at radius 2 is 2.11 bits per heavy atom. The molecule has 3 rings (SSSR count). The molecule has 1 aliphatic rings. The number of aliphatic imine (C=N–C) groups is 1. The molecule has 2 aromatic rings. The van der Waals surface area contributed by atoms with Gasteiger partial charge in [-0.15, -0.1) is 0 Å². The standard InChI is InChI=1S/C21H29N3O3/c1-4-22-20(24-14-21(3,25)19-8-5-15(2)27-19)23-11-9-16-6-7-18-17(13-16)10-12-26-18/h5-8,13,25H,4,9-12,14H2,1-3H3,(H2,22,23,24). The maximum absolute atomic E-state index is 10.6. The van der Waals surface area contributed by atoms with Crippen LogP contribution in [-0.2, 0) is 18.4 Å². The quantitative estimate of drug-likeness (QED) is 0.515. The van der Waals surface area contributed by atoms with Gasteiger partial charge in [-0.05, 0) is 56.5 Å². The van der Waals surface area contributed by atoms with Crippen molar-refractivity contribution in [3.8, 4) is 5.75 Å². The number of guanidine groups is 1. The molecule has 1 aromatic heterocycles. The molecule has 0 bridgehead atoms. The van der Waals surface area contributed by atoms with E-state index < -0.39 is 5.60 Å². The van der Waals surface area contributed by atoms with E-state index in [1.54, 1.807) is 13.0 Å². The topological polar surface area (TPSA) is 79.0 Å². The molecule has 1 unspecified atom stereocenters. The van der Waals surface area contributed by atoms with Crippen LogP contribution in [0.4, 0.5) is 0 Å². The lowest BCUT2D eigenvalue weighted by molar-refractivity contribution is 0.0428. The van der Waals surface area contributed by atoms with Gasteiger partial charge in [-0.3, -0.25) is 0 Å². The normalized spacial score (nSPS) is 15.8. The molecule has 0 radical (unpaired) electrons. The zero-order valence-electron chi connectivity index (χ0n) is 16.3. The largest absolute Gasteiger partial charge is 0.493 e. The van der Waals surface area contributed by atoms with E-state index in [4.69, 9.17) is 9.15 Å². The Balaban J connectivity index is 1.56. The summed E-state index contributed by atoms with van der Waals surface area (Å²) < 4.78 is 11.1. The highest BCUT2D eigenvalue weighted by Gasteiger charge is 2.26. The van der Waals surface area contributed by atoms with Crippen molar-refractivity contribution in [3.63, 3.8) is 0 Å². The molecule has 1 aliphatic heterocycles. The van der Waals surface area contributed by atoms with Crippen molar-refractivity contribution in [1.29, 1.82) is 0 Å². The summed E-state index contributed by atoms with van der Waals surface area (Å²) >= 11 is 0. The van der Waals surface area contributed by atoms with Crippen LogP contribution in [0, 0.1) is 6.92 Å². The van der Waals surface area contributed by atoms with Gasteiger partial charge in [0.05, 0.1) is 13.2 Å². The summed E-state index contributed by atoms with van der Waals surface area (Å²) in [6, 6.07) is 10.0. The molecule has 6 heteroatoms. The van der Waals surface area contributed by atoms with Gasteiger partial charge < -0.3 is 24.9 Å².